The van der Waals surface area contributed by atoms with E-state index in [2.05, 4.69) is 26.5 Å². The standard InChI is InChI=1S/C16H14BrN3O4/c1-10-6-14(20(23)24)8-12(16(10)22)9-18-19-15(21)7-11-2-4-13(17)5-3-11/h2-6,8-9,22H,7H2,1H3,(H,19,21)/p-1/b18-9-. The number of carbonyl (C=O) groups excluding carboxylic acids is 1. The molecule has 1 amide bonds. The lowest BCUT2D eigenvalue weighted by atomic mass is 10.1. The normalized spacial score (nSPS) is 10.8. The van der Waals surface area contributed by atoms with Gasteiger partial charge in [-0.2, -0.15) is 5.10 Å². The average Bonchev–Trinajstić information content (AvgIpc) is 2.53. The Bertz CT molecular complexity index is 804. The molecule has 7 nitrogen and oxygen atoms in total. The first-order valence-corrected chi connectivity index (χ1v) is 7.68. The number of rotatable bonds is 5. The van der Waals surface area contributed by atoms with Crippen LogP contribution in [0.2, 0.25) is 0 Å². The Labute approximate surface area is 146 Å². The molecular weight excluding hydrogens is 378 g/mol. The average molecular weight is 391 g/mol. The van der Waals surface area contributed by atoms with Crippen molar-refractivity contribution in [3.8, 4) is 5.75 Å². The summed E-state index contributed by atoms with van der Waals surface area (Å²) < 4.78 is 0.911. The minimum atomic E-state index is -0.587. The summed E-state index contributed by atoms with van der Waals surface area (Å²) in [5.41, 5.74) is 3.20. The van der Waals surface area contributed by atoms with Gasteiger partial charge in [-0.25, -0.2) is 5.43 Å². The number of hydrogen-bond acceptors (Lipinski definition) is 5. The Balaban J connectivity index is 2.04. The quantitative estimate of drug-likeness (QED) is 0.480. The number of nitro benzene ring substituents is 1. The fourth-order valence-electron chi connectivity index (χ4n) is 1.98. The number of non-ortho nitro benzene ring substituents is 1. The number of hydrogen-bond donors (Lipinski definition) is 1. The van der Waals surface area contributed by atoms with Crippen molar-refractivity contribution in [2.24, 2.45) is 5.10 Å². The van der Waals surface area contributed by atoms with E-state index in [-0.39, 0.29) is 34.9 Å². The van der Waals surface area contributed by atoms with E-state index in [0.29, 0.717) is 0 Å². The molecule has 0 bridgehead atoms. The molecule has 2 rings (SSSR count). The first-order chi connectivity index (χ1) is 11.4. The summed E-state index contributed by atoms with van der Waals surface area (Å²) in [6.07, 6.45) is 1.24. The van der Waals surface area contributed by atoms with Crippen molar-refractivity contribution in [1.82, 2.24) is 5.43 Å². The summed E-state index contributed by atoms with van der Waals surface area (Å²) in [5.74, 6) is -0.727. The summed E-state index contributed by atoms with van der Waals surface area (Å²) >= 11 is 3.31. The Morgan fingerprint density at radius 2 is 2.00 bits per heavy atom. The highest BCUT2D eigenvalue weighted by atomic mass is 79.9. The molecule has 0 saturated carbocycles. The van der Waals surface area contributed by atoms with Gasteiger partial charge < -0.3 is 5.11 Å². The van der Waals surface area contributed by atoms with Crippen molar-refractivity contribution in [2.45, 2.75) is 13.3 Å². The van der Waals surface area contributed by atoms with E-state index in [1.165, 1.54) is 13.0 Å². The number of amides is 1. The van der Waals surface area contributed by atoms with Gasteiger partial charge in [0, 0.05) is 16.6 Å². The second kappa shape index (κ2) is 7.69. The molecule has 0 aliphatic heterocycles. The van der Waals surface area contributed by atoms with Crippen LogP contribution in [0.1, 0.15) is 16.7 Å². The van der Waals surface area contributed by atoms with E-state index in [0.717, 1.165) is 22.3 Å². The molecule has 0 radical (unpaired) electrons. The summed E-state index contributed by atoms with van der Waals surface area (Å²) in [4.78, 5) is 22.0. The summed E-state index contributed by atoms with van der Waals surface area (Å²) in [6, 6.07) is 9.56. The molecular formula is C16H13BrN3O4-. The Kier molecular flexibility index (Phi) is 5.64. The number of nitro groups is 1. The lowest BCUT2D eigenvalue weighted by Gasteiger charge is -2.13. The van der Waals surface area contributed by atoms with Crippen molar-refractivity contribution in [2.75, 3.05) is 0 Å². The Morgan fingerprint density at radius 3 is 2.62 bits per heavy atom. The second-order valence-electron chi connectivity index (χ2n) is 5.03. The van der Waals surface area contributed by atoms with E-state index in [4.69, 9.17) is 0 Å². The molecule has 0 saturated heterocycles. The SMILES string of the molecule is Cc1cc([N+](=O)[O-])cc(/C=N\NC(=O)Cc2ccc(Br)cc2)c1[O-]. The highest BCUT2D eigenvalue weighted by Crippen LogP contribution is 2.24. The third kappa shape index (κ3) is 4.63. The molecule has 0 heterocycles. The molecule has 24 heavy (non-hydrogen) atoms. The van der Waals surface area contributed by atoms with Gasteiger partial charge >= 0.3 is 0 Å². The molecule has 0 unspecified atom stereocenters. The van der Waals surface area contributed by atoms with Crippen molar-refractivity contribution < 1.29 is 14.8 Å². The van der Waals surface area contributed by atoms with Crippen molar-refractivity contribution in [3.05, 3.63) is 67.7 Å². The topological polar surface area (TPSA) is 108 Å². The second-order valence-corrected chi connectivity index (χ2v) is 5.95. The van der Waals surface area contributed by atoms with Crippen LogP contribution in [0.5, 0.6) is 5.75 Å². The lowest BCUT2D eigenvalue weighted by molar-refractivity contribution is -0.385. The van der Waals surface area contributed by atoms with Gasteiger partial charge in [-0.15, -0.1) is 0 Å². The van der Waals surface area contributed by atoms with E-state index < -0.39 is 4.92 Å². The predicted octanol–water partition coefficient (Wildman–Crippen LogP) is 2.43. The summed E-state index contributed by atoms with van der Waals surface area (Å²) in [7, 11) is 0. The molecule has 0 aliphatic rings. The molecule has 0 atom stereocenters. The Morgan fingerprint density at radius 1 is 1.33 bits per heavy atom. The molecule has 1 N–H and O–H groups in total. The van der Waals surface area contributed by atoms with Crippen LogP contribution in [0.25, 0.3) is 0 Å². The van der Waals surface area contributed by atoms with Gasteiger partial charge in [0.15, 0.2) is 0 Å². The number of benzene rings is 2. The Hall–Kier alpha value is -2.74. The van der Waals surface area contributed by atoms with Crippen molar-refractivity contribution >= 4 is 33.7 Å². The van der Waals surface area contributed by atoms with Gasteiger partial charge in [0.2, 0.25) is 5.91 Å². The van der Waals surface area contributed by atoms with Gasteiger partial charge in [0.05, 0.1) is 17.6 Å². The number of nitrogens with one attached hydrogen (secondary N) is 1. The van der Waals surface area contributed by atoms with E-state index in [1.807, 2.05) is 12.1 Å². The first-order valence-electron chi connectivity index (χ1n) is 6.89. The van der Waals surface area contributed by atoms with Gasteiger partial charge in [-0.3, -0.25) is 14.9 Å². The zero-order valence-corrected chi connectivity index (χ0v) is 14.2. The van der Waals surface area contributed by atoms with Crippen LogP contribution in [0.4, 0.5) is 5.69 Å². The van der Waals surface area contributed by atoms with Crippen LogP contribution in [0.3, 0.4) is 0 Å². The van der Waals surface area contributed by atoms with Gasteiger partial charge in [0.1, 0.15) is 0 Å². The fraction of sp³-hybridized carbons (Fsp3) is 0.125. The van der Waals surface area contributed by atoms with Crippen LogP contribution in [-0.2, 0) is 11.2 Å². The van der Waals surface area contributed by atoms with Gasteiger partial charge in [-0.1, -0.05) is 39.4 Å². The van der Waals surface area contributed by atoms with E-state index in [1.54, 1.807) is 12.1 Å². The van der Waals surface area contributed by atoms with Crippen molar-refractivity contribution in [3.63, 3.8) is 0 Å². The lowest BCUT2D eigenvalue weighted by Crippen LogP contribution is -2.19. The highest BCUT2D eigenvalue weighted by molar-refractivity contribution is 9.10. The number of nitrogens with zero attached hydrogens (tertiary/aromatic N) is 2. The van der Waals surface area contributed by atoms with E-state index in [9.17, 15) is 20.0 Å². The van der Waals surface area contributed by atoms with Crippen LogP contribution >= 0.6 is 15.9 Å². The molecule has 2 aromatic rings. The molecule has 0 spiro atoms. The third-order valence-electron chi connectivity index (χ3n) is 3.17. The van der Waals surface area contributed by atoms with Crippen LogP contribution in [-0.4, -0.2) is 17.0 Å². The largest absolute Gasteiger partial charge is 0.872 e. The predicted molar refractivity (Wildman–Crippen MR) is 90.9 cm³/mol. The molecule has 2 aromatic carbocycles. The minimum absolute atomic E-state index is 0.0469. The smallest absolute Gasteiger partial charge is 0.270 e. The zero-order valence-electron chi connectivity index (χ0n) is 12.7. The zero-order chi connectivity index (χ0) is 17.7. The molecule has 0 aliphatic carbocycles. The summed E-state index contributed by atoms with van der Waals surface area (Å²) in [6.45, 7) is 1.48. The minimum Gasteiger partial charge on any atom is -0.872 e. The number of halogens is 1. The maximum absolute atomic E-state index is 11.9. The molecule has 124 valence electrons. The summed E-state index contributed by atoms with van der Waals surface area (Å²) in [5, 5.41) is 26.4. The highest BCUT2D eigenvalue weighted by Gasteiger charge is 2.08. The first kappa shape index (κ1) is 17.6. The van der Waals surface area contributed by atoms with Crippen LogP contribution in [0, 0.1) is 17.0 Å². The number of carbonyl (C=O) groups is 1. The van der Waals surface area contributed by atoms with Crippen LogP contribution < -0.4 is 10.5 Å². The van der Waals surface area contributed by atoms with Gasteiger partial charge in [-0.05, 0) is 30.2 Å². The van der Waals surface area contributed by atoms with Crippen molar-refractivity contribution in [1.29, 1.82) is 0 Å². The van der Waals surface area contributed by atoms with Gasteiger partial charge in [0.25, 0.3) is 5.69 Å². The maximum atomic E-state index is 11.9. The monoisotopic (exact) mass is 390 g/mol. The number of aryl methyl sites for hydroxylation is 1. The number of hydrazone groups is 1. The molecule has 8 heteroatoms. The maximum Gasteiger partial charge on any atom is 0.270 e. The van der Waals surface area contributed by atoms with E-state index >= 15 is 0 Å². The molecule has 0 fully saturated rings. The fourth-order valence-corrected chi connectivity index (χ4v) is 2.25. The molecule has 0 aromatic heterocycles. The third-order valence-corrected chi connectivity index (χ3v) is 3.70. The van der Waals surface area contributed by atoms with Crippen LogP contribution in [0.15, 0.2) is 46.0 Å².